The maximum atomic E-state index is 11.8. The molecule has 1 aliphatic heterocycles. The van der Waals surface area contributed by atoms with Crippen LogP contribution >= 0.6 is 0 Å². The molecule has 0 bridgehead atoms. The van der Waals surface area contributed by atoms with E-state index in [-0.39, 0.29) is 5.91 Å². The molecule has 2 N–H and O–H groups in total. The Morgan fingerprint density at radius 2 is 2.53 bits per heavy atom. The standard InChI is InChI=1S/C9H14N4O2/c10-2-4-12-6-8(11-7-12)9(14)13-3-1-5-15-13/h6-7H,1-5,10H2. The topological polar surface area (TPSA) is 73.4 Å². The van der Waals surface area contributed by atoms with E-state index in [0.717, 1.165) is 6.42 Å². The minimum atomic E-state index is -0.178. The predicted molar refractivity (Wildman–Crippen MR) is 52.9 cm³/mol. The van der Waals surface area contributed by atoms with E-state index in [2.05, 4.69) is 4.98 Å². The van der Waals surface area contributed by atoms with E-state index in [1.165, 1.54) is 5.06 Å². The van der Waals surface area contributed by atoms with E-state index in [1.807, 2.05) is 0 Å². The summed E-state index contributed by atoms with van der Waals surface area (Å²) in [7, 11) is 0. The molecule has 6 heteroatoms. The van der Waals surface area contributed by atoms with Gasteiger partial charge in [-0.1, -0.05) is 0 Å². The van der Waals surface area contributed by atoms with Gasteiger partial charge in [0.1, 0.15) is 5.69 Å². The minimum Gasteiger partial charge on any atom is -0.335 e. The Morgan fingerprint density at radius 3 is 3.20 bits per heavy atom. The molecule has 1 aromatic rings. The highest BCUT2D eigenvalue weighted by molar-refractivity contribution is 5.91. The van der Waals surface area contributed by atoms with Crippen molar-refractivity contribution in [3.05, 3.63) is 18.2 Å². The molecular formula is C9H14N4O2. The van der Waals surface area contributed by atoms with Gasteiger partial charge in [-0.15, -0.1) is 0 Å². The van der Waals surface area contributed by atoms with E-state index in [4.69, 9.17) is 10.6 Å². The molecule has 0 unspecified atom stereocenters. The molecule has 0 saturated carbocycles. The van der Waals surface area contributed by atoms with Gasteiger partial charge in [-0.2, -0.15) is 0 Å². The molecule has 2 rings (SSSR count). The second-order valence-electron chi connectivity index (χ2n) is 3.38. The SMILES string of the molecule is NCCn1cnc(C(=O)N2CCCO2)c1. The highest BCUT2D eigenvalue weighted by Crippen LogP contribution is 2.09. The van der Waals surface area contributed by atoms with Crippen molar-refractivity contribution in [3.63, 3.8) is 0 Å². The molecule has 6 nitrogen and oxygen atoms in total. The van der Waals surface area contributed by atoms with Crippen LogP contribution in [0.2, 0.25) is 0 Å². The molecule has 1 fully saturated rings. The van der Waals surface area contributed by atoms with E-state index in [9.17, 15) is 4.79 Å². The number of hydroxylamine groups is 2. The average Bonchev–Trinajstić information content (AvgIpc) is 2.87. The van der Waals surface area contributed by atoms with Crippen LogP contribution < -0.4 is 5.73 Å². The monoisotopic (exact) mass is 210 g/mol. The van der Waals surface area contributed by atoms with Crippen LogP contribution in [0.5, 0.6) is 0 Å². The Bertz CT molecular complexity index is 344. The fourth-order valence-electron chi connectivity index (χ4n) is 1.48. The van der Waals surface area contributed by atoms with E-state index >= 15 is 0 Å². The predicted octanol–water partition coefficient (Wildman–Crippen LogP) is -0.381. The molecule has 1 aliphatic rings. The van der Waals surface area contributed by atoms with Crippen LogP contribution in [0.15, 0.2) is 12.5 Å². The lowest BCUT2D eigenvalue weighted by Gasteiger charge is -2.11. The maximum Gasteiger partial charge on any atom is 0.297 e. The third kappa shape index (κ3) is 2.16. The first kappa shape index (κ1) is 10.1. The normalized spacial score (nSPS) is 15.9. The molecule has 0 radical (unpaired) electrons. The third-order valence-electron chi connectivity index (χ3n) is 2.22. The maximum absolute atomic E-state index is 11.8. The quantitative estimate of drug-likeness (QED) is 0.738. The Hall–Kier alpha value is -1.40. The number of amides is 1. The molecule has 1 aromatic heterocycles. The number of aromatic nitrogens is 2. The van der Waals surface area contributed by atoms with Crippen molar-refractivity contribution in [2.45, 2.75) is 13.0 Å². The number of nitrogens with zero attached hydrogens (tertiary/aromatic N) is 3. The highest BCUT2D eigenvalue weighted by atomic mass is 16.7. The summed E-state index contributed by atoms with van der Waals surface area (Å²) in [6, 6.07) is 0. The summed E-state index contributed by atoms with van der Waals surface area (Å²) < 4.78 is 1.79. The minimum absolute atomic E-state index is 0.178. The second-order valence-corrected chi connectivity index (χ2v) is 3.38. The van der Waals surface area contributed by atoms with Gasteiger partial charge in [-0.05, 0) is 6.42 Å². The number of carbonyl (C=O) groups excluding carboxylic acids is 1. The van der Waals surface area contributed by atoms with Gasteiger partial charge in [0.15, 0.2) is 0 Å². The fraction of sp³-hybridized carbons (Fsp3) is 0.556. The molecule has 0 spiro atoms. The number of carbonyl (C=O) groups is 1. The van der Waals surface area contributed by atoms with Crippen molar-refractivity contribution in [1.29, 1.82) is 0 Å². The summed E-state index contributed by atoms with van der Waals surface area (Å²) in [6.07, 6.45) is 4.18. The van der Waals surface area contributed by atoms with Crippen LogP contribution in [-0.2, 0) is 11.4 Å². The smallest absolute Gasteiger partial charge is 0.297 e. The Morgan fingerprint density at radius 1 is 1.67 bits per heavy atom. The Labute approximate surface area is 87.6 Å². The lowest BCUT2D eigenvalue weighted by Crippen LogP contribution is -2.26. The van der Waals surface area contributed by atoms with Crippen molar-refractivity contribution >= 4 is 5.91 Å². The number of imidazole rings is 1. The van der Waals surface area contributed by atoms with Gasteiger partial charge in [-0.3, -0.25) is 9.63 Å². The summed E-state index contributed by atoms with van der Waals surface area (Å²) in [5.41, 5.74) is 5.81. The summed E-state index contributed by atoms with van der Waals surface area (Å²) in [6.45, 7) is 2.45. The number of nitrogens with two attached hydrogens (primary N) is 1. The average molecular weight is 210 g/mol. The first-order valence-electron chi connectivity index (χ1n) is 4.98. The first-order valence-corrected chi connectivity index (χ1v) is 4.98. The lowest BCUT2D eigenvalue weighted by molar-refractivity contribution is -0.0771. The zero-order valence-electron chi connectivity index (χ0n) is 8.43. The molecule has 0 aliphatic carbocycles. The Balaban J connectivity index is 2.04. The molecule has 0 aromatic carbocycles. The van der Waals surface area contributed by atoms with Crippen LogP contribution in [0.25, 0.3) is 0 Å². The molecule has 15 heavy (non-hydrogen) atoms. The largest absolute Gasteiger partial charge is 0.335 e. The van der Waals surface area contributed by atoms with Crippen molar-refractivity contribution in [2.75, 3.05) is 19.7 Å². The van der Waals surface area contributed by atoms with Gasteiger partial charge in [0.05, 0.1) is 19.5 Å². The molecule has 82 valence electrons. The van der Waals surface area contributed by atoms with Crippen molar-refractivity contribution < 1.29 is 9.63 Å². The van der Waals surface area contributed by atoms with Gasteiger partial charge in [0.25, 0.3) is 5.91 Å². The van der Waals surface area contributed by atoms with Crippen molar-refractivity contribution in [3.8, 4) is 0 Å². The summed E-state index contributed by atoms with van der Waals surface area (Å²) >= 11 is 0. The number of hydrogen-bond donors (Lipinski definition) is 1. The van der Waals surface area contributed by atoms with Gasteiger partial charge >= 0.3 is 0 Å². The summed E-state index contributed by atoms with van der Waals surface area (Å²) in [4.78, 5) is 20.9. The molecule has 1 saturated heterocycles. The van der Waals surface area contributed by atoms with E-state index in [1.54, 1.807) is 17.1 Å². The van der Waals surface area contributed by atoms with Crippen molar-refractivity contribution in [2.24, 2.45) is 5.73 Å². The molecule has 0 atom stereocenters. The van der Waals surface area contributed by atoms with E-state index in [0.29, 0.717) is 31.9 Å². The molecule has 1 amide bonds. The van der Waals surface area contributed by atoms with Gasteiger partial charge in [-0.25, -0.2) is 10.0 Å². The van der Waals surface area contributed by atoms with Gasteiger partial charge in [0, 0.05) is 19.3 Å². The number of rotatable bonds is 3. The van der Waals surface area contributed by atoms with Crippen molar-refractivity contribution in [1.82, 2.24) is 14.6 Å². The number of hydrogen-bond acceptors (Lipinski definition) is 4. The van der Waals surface area contributed by atoms with Crippen LogP contribution in [0.3, 0.4) is 0 Å². The van der Waals surface area contributed by atoms with Crippen LogP contribution in [0.1, 0.15) is 16.9 Å². The first-order chi connectivity index (χ1) is 7.31. The second kappa shape index (κ2) is 4.41. The zero-order chi connectivity index (χ0) is 10.7. The third-order valence-corrected chi connectivity index (χ3v) is 2.22. The lowest BCUT2D eigenvalue weighted by atomic mass is 10.4. The van der Waals surface area contributed by atoms with Crippen LogP contribution in [0.4, 0.5) is 0 Å². The molecular weight excluding hydrogens is 196 g/mol. The van der Waals surface area contributed by atoms with Gasteiger partial charge < -0.3 is 10.3 Å². The van der Waals surface area contributed by atoms with Crippen LogP contribution in [0, 0.1) is 0 Å². The van der Waals surface area contributed by atoms with E-state index < -0.39 is 0 Å². The molecule has 2 heterocycles. The van der Waals surface area contributed by atoms with Gasteiger partial charge in [0.2, 0.25) is 0 Å². The Kier molecular flexibility index (Phi) is 2.98. The summed E-state index contributed by atoms with van der Waals surface area (Å²) in [5, 5.41) is 1.36. The fourth-order valence-corrected chi connectivity index (χ4v) is 1.48. The zero-order valence-corrected chi connectivity index (χ0v) is 8.43. The highest BCUT2D eigenvalue weighted by Gasteiger charge is 2.22. The van der Waals surface area contributed by atoms with Crippen LogP contribution in [-0.4, -0.2) is 40.2 Å². The summed E-state index contributed by atoms with van der Waals surface area (Å²) in [5.74, 6) is -0.178.